The first-order valence-electron chi connectivity index (χ1n) is 6.10. The Morgan fingerprint density at radius 3 is 2.19 bits per heavy atom. The van der Waals surface area contributed by atoms with Crippen molar-refractivity contribution in [1.29, 1.82) is 0 Å². The monoisotopic (exact) mass is 355 g/mol. The Hall–Kier alpha value is -0.830. The molecule has 0 N–H and O–H groups in total. The molecule has 120 valence electrons. The van der Waals surface area contributed by atoms with Crippen molar-refractivity contribution in [1.82, 2.24) is 4.31 Å². The molecule has 0 aliphatic rings. The van der Waals surface area contributed by atoms with E-state index >= 15 is 0 Å². The van der Waals surface area contributed by atoms with Crippen molar-refractivity contribution in [2.75, 3.05) is 38.1 Å². The first kappa shape index (κ1) is 18.2. The molecule has 21 heavy (non-hydrogen) atoms. The Labute approximate surface area is 130 Å². The summed E-state index contributed by atoms with van der Waals surface area (Å²) in [4.78, 5) is 0.0803. The molecule has 0 saturated heterocycles. The van der Waals surface area contributed by atoms with Crippen LogP contribution in [0.1, 0.15) is 0 Å². The molecule has 0 heterocycles. The van der Waals surface area contributed by atoms with Gasteiger partial charge in [-0.25, -0.2) is 16.8 Å². The van der Waals surface area contributed by atoms with E-state index in [-0.39, 0.29) is 17.2 Å². The number of alkyl halides is 1. The number of sulfonamides is 1. The number of hydrogen-bond donors (Lipinski definition) is 0. The molecule has 0 fully saturated rings. The highest BCUT2D eigenvalue weighted by Gasteiger charge is 2.21. The molecule has 1 aromatic carbocycles. The molecule has 0 aromatic heterocycles. The van der Waals surface area contributed by atoms with E-state index in [1.54, 1.807) is 0 Å². The van der Waals surface area contributed by atoms with Crippen LogP contribution in [0, 0.1) is 0 Å². The zero-order chi connectivity index (χ0) is 16.1. The second-order valence-corrected chi connectivity index (χ2v) is 9.15. The molecule has 0 spiro atoms. The van der Waals surface area contributed by atoms with E-state index in [0.29, 0.717) is 18.2 Å². The minimum atomic E-state index is -3.71. The van der Waals surface area contributed by atoms with Gasteiger partial charge in [0.15, 0.2) is 0 Å². The van der Waals surface area contributed by atoms with Crippen molar-refractivity contribution in [2.45, 2.75) is 4.90 Å². The lowest BCUT2D eigenvalue weighted by Crippen LogP contribution is -2.31. The average Bonchev–Trinajstić information content (AvgIpc) is 2.42. The Morgan fingerprint density at radius 2 is 1.71 bits per heavy atom. The quantitative estimate of drug-likeness (QED) is 0.649. The molecule has 1 rings (SSSR count). The van der Waals surface area contributed by atoms with Crippen molar-refractivity contribution in [2.24, 2.45) is 0 Å². The Balaban J connectivity index is 2.82. The van der Waals surface area contributed by atoms with Gasteiger partial charge in [0.1, 0.15) is 22.2 Å². The van der Waals surface area contributed by atoms with E-state index in [0.717, 1.165) is 10.6 Å². The third-order valence-electron chi connectivity index (χ3n) is 2.65. The van der Waals surface area contributed by atoms with Crippen LogP contribution < -0.4 is 4.74 Å². The minimum absolute atomic E-state index is 0.0803. The summed E-state index contributed by atoms with van der Waals surface area (Å²) in [6.07, 6.45) is 1.07. The minimum Gasteiger partial charge on any atom is -0.492 e. The highest BCUT2D eigenvalue weighted by atomic mass is 35.5. The standard InChI is InChI=1S/C12H18ClNO5S2/c1-14(8-10-20(2,15)16)21(17,18)12-5-3-11(4-6-12)19-9-7-13/h3-6H,7-10H2,1-2H3. The zero-order valence-electron chi connectivity index (χ0n) is 11.8. The molecule has 0 aliphatic carbocycles. The van der Waals surface area contributed by atoms with Crippen molar-refractivity contribution in [3.63, 3.8) is 0 Å². The number of nitrogens with zero attached hydrogens (tertiary/aromatic N) is 1. The maximum Gasteiger partial charge on any atom is 0.242 e. The lowest BCUT2D eigenvalue weighted by atomic mass is 10.3. The van der Waals surface area contributed by atoms with E-state index < -0.39 is 19.9 Å². The van der Waals surface area contributed by atoms with Gasteiger partial charge in [-0.2, -0.15) is 4.31 Å². The molecule has 9 heteroatoms. The van der Waals surface area contributed by atoms with Crippen molar-refractivity contribution in [3.05, 3.63) is 24.3 Å². The summed E-state index contributed by atoms with van der Waals surface area (Å²) in [6.45, 7) is 0.244. The van der Waals surface area contributed by atoms with Gasteiger partial charge in [-0.1, -0.05) is 0 Å². The van der Waals surface area contributed by atoms with E-state index in [1.165, 1.54) is 31.3 Å². The topological polar surface area (TPSA) is 80.8 Å². The molecule has 0 amide bonds. The van der Waals surface area contributed by atoms with Crippen LogP contribution in [0.2, 0.25) is 0 Å². The van der Waals surface area contributed by atoms with Crippen molar-refractivity contribution < 1.29 is 21.6 Å². The van der Waals surface area contributed by atoms with Crippen LogP contribution >= 0.6 is 11.6 Å². The Bertz CT molecular complexity index is 655. The highest BCUT2D eigenvalue weighted by Crippen LogP contribution is 2.18. The molecular formula is C12H18ClNO5S2. The van der Waals surface area contributed by atoms with Crippen LogP contribution in [0.25, 0.3) is 0 Å². The molecule has 1 aromatic rings. The fourth-order valence-electron chi connectivity index (χ4n) is 1.46. The van der Waals surface area contributed by atoms with Gasteiger partial charge in [-0.05, 0) is 24.3 Å². The summed E-state index contributed by atoms with van der Waals surface area (Å²) in [5.74, 6) is 0.641. The van der Waals surface area contributed by atoms with Gasteiger partial charge >= 0.3 is 0 Å². The Kier molecular flexibility index (Phi) is 6.45. The molecule has 0 bridgehead atoms. The van der Waals surface area contributed by atoms with Crippen LogP contribution in [-0.2, 0) is 19.9 Å². The van der Waals surface area contributed by atoms with Gasteiger partial charge in [0.25, 0.3) is 0 Å². The molecule has 0 aliphatic heterocycles. The number of sulfone groups is 1. The van der Waals surface area contributed by atoms with E-state index in [2.05, 4.69) is 0 Å². The highest BCUT2D eigenvalue weighted by molar-refractivity contribution is 7.91. The average molecular weight is 356 g/mol. The molecular weight excluding hydrogens is 338 g/mol. The maximum absolute atomic E-state index is 12.2. The predicted octanol–water partition coefficient (Wildman–Crippen LogP) is 0.969. The third-order valence-corrected chi connectivity index (χ3v) is 5.60. The first-order valence-corrected chi connectivity index (χ1v) is 10.1. The number of rotatable bonds is 8. The summed E-state index contributed by atoms with van der Waals surface area (Å²) in [7, 11) is -5.58. The van der Waals surface area contributed by atoms with Crippen LogP contribution in [0.3, 0.4) is 0 Å². The summed E-state index contributed by atoms with van der Waals surface area (Å²) in [6, 6.07) is 5.89. The first-order chi connectivity index (χ1) is 9.66. The van der Waals surface area contributed by atoms with Crippen molar-refractivity contribution >= 4 is 31.5 Å². The fraction of sp³-hybridized carbons (Fsp3) is 0.500. The predicted molar refractivity (Wildman–Crippen MR) is 82.2 cm³/mol. The normalized spacial score (nSPS) is 12.6. The zero-order valence-corrected chi connectivity index (χ0v) is 14.2. The summed E-state index contributed by atoms with van der Waals surface area (Å²) < 4.78 is 53.0. The van der Waals surface area contributed by atoms with Gasteiger partial charge in [0.05, 0.1) is 16.5 Å². The number of benzene rings is 1. The summed E-state index contributed by atoms with van der Waals surface area (Å²) in [5.41, 5.74) is 0. The number of halogens is 1. The second kappa shape index (κ2) is 7.44. The number of ether oxygens (including phenoxy) is 1. The lowest BCUT2D eigenvalue weighted by molar-refractivity contribution is 0.342. The molecule has 0 saturated carbocycles. The third kappa shape index (κ3) is 5.82. The smallest absolute Gasteiger partial charge is 0.242 e. The fourth-order valence-corrected chi connectivity index (χ4v) is 3.43. The molecule has 0 atom stereocenters. The molecule has 6 nitrogen and oxygen atoms in total. The van der Waals surface area contributed by atoms with Crippen LogP contribution in [0.15, 0.2) is 29.2 Å². The van der Waals surface area contributed by atoms with Gasteiger partial charge in [-0.15, -0.1) is 11.6 Å². The molecule has 0 radical (unpaired) electrons. The van der Waals surface area contributed by atoms with E-state index in [9.17, 15) is 16.8 Å². The van der Waals surface area contributed by atoms with Gasteiger partial charge in [0.2, 0.25) is 10.0 Å². The van der Waals surface area contributed by atoms with Crippen LogP contribution in [-0.4, -0.2) is 59.2 Å². The van der Waals surface area contributed by atoms with E-state index in [1.807, 2.05) is 0 Å². The van der Waals surface area contributed by atoms with Crippen LogP contribution in [0.5, 0.6) is 5.75 Å². The summed E-state index contributed by atoms with van der Waals surface area (Å²) >= 11 is 5.49. The van der Waals surface area contributed by atoms with E-state index in [4.69, 9.17) is 16.3 Å². The second-order valence-electron chi connectivity index (χ2n) is 4.47. The Morgan fingerprint density at radius 1 is 1.14 bits per heavy atom. The van der Waals surface area contributed by atoms with Crippen molar-refractivity contribution in [3.8, 4) is 5.75 Å². The van der Waals surface area contributed by atoms with Crippen LogP contribution in [0.4, 0.5) is 0 Å². The SMILES string of the molecule is CN(CCS(C)(=O)=O)S(=O)(=O)c1ccc(OCCCl)cc1. The summed E-state index contributed by atoms with van der Waals surface area (Å²) in [5, 5.41) is 0. The lowest BCUT2D eigenvalue weighted by Gasteiger charge is -2.16. The van der Waals surface area contributed by atoms with Gasteiger partial charge in [0, 0.05) is 19.8 Å². The number of hydrogen-bond acceptors (Lipinski definition) is 5. The maximum atomic E-state index is 12.2. The molecule has 0 unspecified atom stereocenters. The van der Waals surface area contributed by atoms with Gasteiger partial charge in [-0.3, -0.25) is 0 Å². The largest absolute Gasteiger partial charge is 0.492 e. The van der Waals surface area contributed by atoms with Gasteiger partial charge < -0.3 is 4.74 Å².